The van der Waals surface area contributed by atoms with Crippen molar-refractivity contribution >= 4 is 45.4 Å². The van der Waals surface area contributed by atoms with Crippen molar-refractivity contribution in [1.82, 2.24) is 0 Å². The first-order valence-corrected chi connectivity index (χ1v) is 15.2. The third-order valence-corrected chi connectivity index (χ3v) is 14.6. The quantitative estimate of drug-likeness (QED) is 0.231. The van der Waals surface area contributed by atoms with Crippen LogP contribution in [0.3, 0.4) is 0 Å². The predicted octanol–water partition coefficient (Wildman–Crippen LogP) is 2.21. The van der Waals surface area contributed by atoms with Gasteiger partial charge in [-0.05, 0) is 0 Å². The van der Waals surface area contributed by atoms with Crippen LogP contribution in [-0.4, -0.2) is 61.3 Å². The van der Waals surface area contributed by atoms with Crippen molar-refractivity contribution in [2.45, 2.75) is 37.9 Å². The number of esters is 3. The molecule has 1 aromatic carbocycles. The molecule has 3 atom stereocenters. The topological polar surface area (TPSA) is 78.9 Å². The molecule has 1 fully saturated rings. The van der Waals surface area contributed by atoms with Crippen molar-refractivity contribution in [2.75, 3.05) is 20.3 Å². The Bertz CT molecular complexity index is 727. The molecule has 0 bridgehead atoms. The molecule has 0 heterocycles. The molecule has 160 valence electrons. The summed E-state index contributed by atoms with van der Waals surface area (Å²) >= 11 is -0.0244. The minimum atomic E-state index is -1.89. The van der Waals surface area contributed by atoms with Crippen molar-refractivity contribution in [2.24, 2.45) is 17.3 Å². The van der Waals surface area contributed by atoms with Gasteiger partial charge in [0.25, 0.3) is 0 Å². The molecule has 1 saturated carbocycles. The van der Waals surface area contributed by atoms with Crippen LogP contribution in [0.5, 0.6) is 0 Å². The van der Waals surface area contributed by atoms with E-state index < -0.39 is 43.2 Å². The predicted molar refractivity (Wildman–Crippen MR) is 114 cm³/mol. The molecule has 0 unspecified atom stereocenters. The van der Waals surface area contributed by atoms with Crippen LogP contribution in [0.25, 0.3) is 0 Å². The Balaban J connectivity index is 2.56. The first-order valence-electron chi connectivity index (χ1n) is 9.80. The van der Waals surface area contributed by atoms with Crippen LogP contribution >= 0.6 is 0 Å². The zero-order valence-electron chi connectivity index (χ0n) is 17.9. The second-order valence-corrected chi connectivity index (χ2v) is 16.9. The Morgan fingerprint density at radius 1 is 1.03 bits per heavy atom. The summed E-state index contributed by atoms with van der Waals surface area (Å²) in [4.78, 5) is 38.8. The number of ether oxygens (including phenoxy) is 3. The number of hydrogen-bond donors (Lipinski definition) is 0. The van der Waals surface area contributed by atoms with Crippen molar-refractivity contribution in [3.8, 4) is 0 Å². The molecule has 0 radical (unpaired) electrons. The third kappa shape index (κ3) is 4.60. The average molecular weight is 486 g/mol. The Labute approximate surface area is 179 Å². The van der Waals surface area contributed by atoms with Crippen molar-refractivity contribution in [3.05, 3.63) is 30.3 Å². The van der Waals surface area contributed by atoms with Gasteiger partial charge < -0.3 is 0 Å². The molecular formula is C21H30O6SeSi. The van der Waals surface area contributed by atoms with E-state index in [0.717, 1.165) is 0 Å². The molecule has 0 saturated heterocycles. The summed E-state index contributed by atoms with van der Waals surface area (Å²) in [5, 5.41) is 0. The summed E-state index contributed by atoms with van der Waals surface area (Å²) in [5.74, 6) is -3.24. The van der Waals surface area contributed by atoms with Gasteiger partial charge >= 0.3 is 180 Å². The molecule has 8 heteroatoms. The van der Waals surface area contributed by atoms with Crippen molar-refractivity contribution < 1.29 is 28.6 Å². The zero-order chi connectivity index (χ0) is 21.8. The fourth-order valence-electron chi connectivity index (χ4n) is 3.83. The van der Waals surface area contributed by atoms with Gasteiger partial charge in [0.05, 0.1) is 0 Å². The van der Waals surface area contributed by atoms with Gasteiger partial charge in [0.15, 0.2) is 0 Å². The van der Waals surface area contributed by atoms with E-state index in [1.54, 1.807) is 13.8 Å². The number of carbonyl (C=O) groups is 3. The maximum absolute atomic E-state index is 13.1. The first kappa shape index (κ1) is 23.6. The Kier molecular flexibility index (Phi) is 7.71. The Morgan fingerprint density at radius 2 is 1.55 bits per heavy atom. The summed E-state index contributed by atoms with van der Waals surface area (Å²) in [6.45, 7) is 10.2. The van der Waals surface area contributed by atoms with E-state index in [2.05, 4.69) is 31.8 Å². The molecule has 29 heavy (non-hydrogen) atoms. The van der Waals surface area contributed by atoms with E-state index in [9.17, 15) is 14.4 Å². The van der Waals surface area contributed by atoms with E-state index in [0.29, 0.717) is 0 Å². The second kappa shape index (κ2) is 9.45. The van der Waals surface area contributed by atoms with Crippen LogP contribution in [0.4, 0.5) is 0 Å². The normalized spacial score (nSPS) is 21.0. The van der Waals surface area contributed by atoms with Crippen LogP contribution in [0.15, 0.2) is 30.3 Å². The average Bonchev–Trinajstić information content (AvgIpc) is 3.36. The molecular weight excluding hydrogens is 455 g/mol. The summed E-state index contributed by atoms with van der Waals surface area (Å²) in [5.41, 5.74) is -1.61. The molecule has 0 aromatic heterocycles. The number of rotatable bonds is 9. The molecule has 0 spiro atoms. The van der Waals surface area contributed by atoms with Gasteiger partial charge in [0, 0.05) is 0 Å². The van der Waals surface area contributed by atoms with Crippen LogP contribution in [0.1, 0.15) is 13.8 Å². The van der Waals surface area contributed by atoms with E-state index in [4.69, 9.17) is 14.2 Å². The first-order chi connectivity index (χ1) is 13.7. The third-order valence-electron chi connectivity index (χ3n) is 5.13. The Hall–Kier alpha value is -1.63. The van der Waals surface area contributed by atoms with Gasteiger partial charge in [-0.2, -0.15) is 0 Å². The van der Waals surface area contributed by atoms with Crippen molar-refractivity contribution in [3.63, 3.8) is 0 Å². The number of methoxy groups -OCH3 is 1. The van der Waals surface area contributed by atoms with E-state index in [1.807, 2.05) is 18.2 Å². The number of hydrogen-bond acceptors (Lipinski definition) is 6. The SMILES string of the molecule is CCOC(=O)C1(C(=O)OCC)[C@@H]([C@@H]([Se]c2ccccc2)[Si](C)(C)C)[C@H]1C(=O)OC. The van der Waals surface area contributed by atoms with E-state index in [1.165, 1.54) is 11.6 Å². The second-order valence-electron chi connectivity index (χ2n) is 8.05. The summed E-state index contributed by atoms with van der Waals surface area (Å²) in [7, 11) is -0.610. The molecule has 0 aliphatic heterocycles. The summed E-state index contributed by atoms with van der Waals surface area (Å²) in [6, 6.07) is 10.0. The van der Waals surface area contributed by atoms with Gasteiger partial charge in [-0.15, -0.1) is 0 Å². The van der Waals surface area contributed by atoms with Gasteiger partial charge in [0.1, 0.15) is 0 Å². The Morgan fingerprint density at radius 3 is 1.97 bits per heavy atom. The van der Waals surface area contributed by atoms with Gasteiger partial charge in [-0.1, -0.05) is 0 Å². The summed E-state index contributed by atoms with van der Waals surface area (Å²) in [6.07, 6.45) is 0. The number of benzene rings is 1. The van der Waals surface area contributed by atoms with Crippen LogP contribution in [-0.2, 0) is 28.6 Å². The molecule has 2 rings (SSSR count). The molecule has 0 N–H and O–H groups in total. The van der Waals surface area contributed by atoms with E-state index >= 15 is 0 Å². The molecule has 0 amide bonds. The standard InChI is InChI=1S/C21H30O6SeSi/c1-7-26-19(23)21(20(24)27-8-2)15(17(22)25-3)16(21)18(29(4,5)6)28-14-12-10-9-11-13-14/h9-13,15-16,18H,7-8H2,1-6H3/t15-,16+,18-/m0/s1. The van der Waals surface area contributed by atoms with E-state index in [-0.39, 0.29) is 32.6 Å². The molecule has 1 aliphatic rings. The summed E-state index contributed by atoms with van der Waals surface area (Å²) < 4.78 is 16.8. The molecule has 1 aliphatic carbocycles. The van der Waals surface area contributed by atoms with Crippen LogP contribution in [0, 0.1) is 17.3 Å². The van der Waals surface area contributed by atoms with Crippen molar-refractivity contribution in [1.29, 1.82) is 0 Å². The monoisotopic (exact) mass is 486 g/mol. The van der Waals surface area contributed by atoms with Gasteiger partial charge in [-0.25, -0.2) is 0 Å². The molecule has 6 nitrogen and oxygen atoms in total. The fourth-order valence-corrected chi connectivity index (χ4v) is 11.0. The molecule has 1 aromatic rings. The van der Waals surface area contributed by atoms with Gasteiger partial charge in [-0.3, -0.25) is 0 Å². The minimum absolute atomic E-state index is 0.0244. The zero-order valence-corrected chi connectivity index (χ0v) is 20.6. The maximum atomic E-state index is 13.1. The van der Waals surface area contributed by atoms with Crippen LogP contribution in [0.2, 0.25) is 24.1 Å². The number of carbonyl (C=O) groups excluding carboxylic acids is 3. The van der Waals surface area contributed by atoms with Crippen LogP contribution < -0.4 is 4.46 Å². The van der Waals surface area contributed by atoms with Gasteiger partial charge in [0.2, 0.25) is 0 Å². The fraction of sp³-hybridized carbons (Fsp3) is 0.571.